The maximum Gasteiger partial charge on any atom is 0.297 e. The molecule has 2 aromatic rings. The van der Waals surface area contributed by atoms with Crippen molar-refractivity contribution in [3.05, 3.63) is 59.1 Å². The Morgan fingerprint density at radius 2 is 1.74 bits per heavy atom. The summed E-state index contributed by atoms with van der Waals surface area (Å²) in [6.45, 7) is 1.32. The highest BCUT2D eigenvalue weighted by Crippen LogP contribution is 2.23. The third kappa shape index (κ3) is 5.21. The van der Waals surface area contributed by atoms with E-state index in [-0.39, 0.29) is 11.5 Å². The van der Waals surface area contributed by atoms with E-state index in [1.165, 1.54) is 12.1 Å². The number of para-hydroxylation sites is 1. The minimum absolute atomic E-state index is 0.0438. The second kappa shape index (κ2) is 7.79. The highest BCUT2D eigenvalue weighted by Gasteiger charge is 2.18. The smallest absolute Gasteiger partial charge is 0.297 e. The number of rotatable bonds is 7. The molecule has 1 atom stereocenters. The molecule has 5 nitrogen and oxygen atoms in total. The van der Waals surface area contributed by atoms with Gasteiger partial charge >= 0.3 is 0 Å². The van der Waals surface area contributed by atoms with E-state index in [9.17, 15) is 13.5 Å². The normalized spacial score (nSPS) is 12.8. The van der Waals surface area contributed by atoms with Crippen LogP contribution in [0.3, 0.4) is 0 Å². The zero-order valence-electron chi connectivity index (χ0n) is 12.5. The molecule has 0 saturated heterocycles. The molecule has 0 saturated carbocycles. The van der Waals surface area contributed by atoms with Crippen LogP contribution in [0.15, 0.2) is 53.4 Å². The Labute approximate surface area is 140 Å². The van der Waals surface area contributed by atoms with E-state index in [4.69, 9.17) is 20.5 Å². The average Bonchev–Trinajstić information content (AvgIpc) is 2.53. The Morgan fingerprint density at radius 3 is 2.39 bits per heavy atom. The van der Waals surface area contributed by atoms with Crippen LogP contribution in [0.1, 0.15) is 5.56 Å². The number of ether oxygens (including phenoxy) is 1. The lowest BCUT2D eigenvalue weighted by Gasteiger charge is -2.13. The third-order valence-electron chi connectivity index (χ3n) is 2.99. The van der Waals surface area contributed by atoms with Gasteiger partial charge in [0.15, 0.2) is 0 Å². The summed E-state index contributed by atoms with van der Waals surface area (Å²) in [6.07, 6.45) is -1.11. The lowest BCUT2D eigenvalue weighted by atomic mass is 10.2. The first-order valence-corrected chi connectivity index (χ1v) is 8.68. The first-order valence-electron chi connectivity index (χ1n) is 6.90. The molecule has 0 aromatic heterocycles. The van der Waals surface area contributed by atoms with E-state index in [1.807, 2.05) is 6.92 Å². The van der Waals surface area contributed by atoms with E-state index in [0.29, 0.717) is 10.8 Å². The zero-order chi connectivity index (χ0) is 16.9. The number of aliphatic hydroxyl groups excluding tert-OH is 1. The van der Waals surface area contributed by atoms with Gasteiger partial charge in [-0.3, -0.25) is 4.18 Å². The van der Waals surface area contributed by atoms with Gasteiger partial charge < -0.3 is 9.84 Å². The molecule has 1 N–H and O–H groups in total. The largest absolute Gasteiger partial charge is 0.489 e. The molecule has 0 spiro atoms. The van der Waals surface area contributed by atoms with Crippen molar-refractivity contribution >= 4 is 21.7 Å². The number of hydrogen-bond acceptors (Lipinski definition) is 5. The van der Waals surface area contributed by atoms with E-state index in [1.54, 1.807) is 36.4 Å². The van der Waals surface area contributed by atoms with Gasteiger partial charge in [-0.1, -0.05) is 41.4 Å². The highest BCUT2D eigenvalue weighted by atomic mass is 35.5. The summed E-state index contributed by atoms with van der Waals surface area (Å²) < 4.78 is 34.1. The SMILES string of the molecule is Cc1ccc(S(=O)(=O)OC[C@H](O)COc2ccccc2Cl)cc1. The summed E-state index contributed by atoms with van der Waals surface area (Å²) >= 11 is 5.92. The fourth-order valence-electron chi connectivity index (χ4n) is 1.74. The van der Waals surface area contributed by atoms with Crippen molar-refractivity contribution in [1.29, 1.82) is 0 Å². The Bertz CT molecular complexity index is 743. The van der Waals surface area contributed by atoms with Crippen LogP contribution in [0.4, 0.5) is 0 Å². The molecule has 0 amide bonds. The highest BCUT2D eigenvalue weighted by molar-refractivity contribution is 7.86. The van der Waals surface area contributed by atoms with Gasteiger partial charge in [-0.2, -0.15) is 8.42 Å². The van der Waals surface area contributed by atoms with E-state index >= 15 is 0 Å². The van der Waals surface area contributed by atoms with E-state index in [2.05, 4.69) is 0 Å². The molecule has 0 aliphatic carbocycles. The molecule has 0 aliphatic rings. The first-order chi connectivity index (χ1) is 10.9. The Hall–Kier alpha value is -1.60. The van der Waals surface area contributed by atoms with Crippen LogP contribution >= 0.6 is 11.6 Å². The summed E-state index contributed by atoms with van der Waals surface area (Å²) in [6, 6.07) is 13.1. The Balaban J connectivity index is 1.87. The van der Waals surface area contributed by atoms with Crippen molar-refractivity contribution in [1.82, 2.24) is 0 Å². The van der Waals surface area contributed by atoms with Crippen LogP contribution in [0, 0.1) is 6.92 Å². The lowest BCUT2D eigenvalue weighted by molar-refractivity contribution is 0.0649. The maximum atomic E-state index is 12.0. The molecule has 0 unspecified atom stereocenters. The zero-order valence-corrected chi connectivity index (χ0v) is 14.0. The summed E-state index contributed by atoms with van der Waals surface area (Å²) in [5, 5.41) is 10.2. The molecule has 23 heavy (non-hydrogen) atoms. The Kier molecular flexibility index (Phi) is 6.01. The summed E-state index contributed by atoms with van der Waals surface area (Å²) in [4.78, 5) is 0.0438. The van der Waals surface area contributed by atoms with E-state index < -0.39 is 22.8 Å². The van der Waals surface area contributed by atoms with Gasteiger partial charge in [0.2, 0.25) is 0 Å². The predicted molar refractivity (Wildman–Crippen MR) is 87.3 cm³/mol. The van der Waals surface area contributed by atoms with Crippen molar-refractivity contribution < 1.29 is 22.4 Å². The number of hydrogen-bond donors (Lipinski definition) is 1. The van der Waals surface area contributed by atoms with E-state index in [0.717, 1.165) is 5.56 Å². The molecule has 0 bridgehead atoms. The monoisotopic (exact) mass is 356 g/mol. The molecule has 124 valence electrons. The van der Waals surface area contributed by atoms with Crippen LogP contribution in [0.2, 0.25) is 5.02 Å². The minimum atomic E-state index is -3.90. The van der Waals surface area contributed by atoms with Gasteiger partial charge in [-0.25, -0.2) is 0 Å². The molecular weight excluding hydrogens is 340 g/mol. The van der Waals surface area contributed by atoms with Gasteiger partial charge in [0.25, 0.3) is 10.1 Å². The minimum Gasteiger partial charge on any atom is -0.489 e. The van der Waals surface area contributed by atoms with Crippen LogP contribution in [0.5, 0.6) is 5.75 Å². The maximum absolute atomic E-state index is 12.0. The number of halogens is 1. The van der Waals surface area contributed by atoms with Crippen LogP contribution in [-0.4, -0.2) is 32.8 Å². The van der Waals surface area contributed by atoms with Crippen molar-refractivity contribution in [3.63, 3.8) is 0 Å². The quantitative estimate of drug-likeness (QED) is 0.772. The summed E-state index contributed by atoms with van der Waals surface area (Å²) in [7, 11) is -3.90. The number of aliphatic hydroxyl groups is 1. The van der Waals surface area contributed by atoms with Crippen molar-refractivity contribution in [2.45, 2.75) is 17.9 Å². The third-order valence-corrected chi connectivity index (χ3v) is 4.60. The molecule has 0 aliphatic heterocycles. The molecule has 0 radical (unpaired) electrons. The van der Waals surface area contributed by atoms with Gasteiger partial charge in [0.1, 0.15) is 18.5 Å². The molecule has 2 aromatic carbocycles. The average molecular weight is 357 g/mol. The van der Waals surface area contributed by atoms with Crippen molar-refractivity contribution in [3.8, 4) is 5.75 Å². The predicted octanol–water partition coefficient (Wildman–Crippen LogP) is 2.79. The van der Waals surface area contributed by atoms with Gasteiger partial charge in [0.05, 0.1) is 16.5 Å². The van der Waals surface area contributed by atoms with Crippen molar-refractivity contribution in [2.24, 2.45) is 0 Å². The second-order valence-electron chi connectivity index (χ2n) is 4.95. The molecule has 7 heteroatoms. The van der Waals surface area contributed by atoms with Gasteiger partial charge in [-0.05, 0) is 31.2 Å². The first kappa shape index (κ1) is 17.7. The number of aryl methyl sites for hydroxylation is 1. The lowest BCUT2D eigenvalue weighted by Crippen LogP contribution is -2.25. The fraction of sp³-hybridized carbons (Fsp3) is 0.250. The fourth-order valence-corrected chi connectivity index (χ4v) is 2.87. The van der Waals surface area contributed by atoms with Crippen LogP contribution < -0.4 is 4.74 Å². The van der Waals surface area contributed by atoms with Crippen LogP contribution in [0.25, 0.3) is 0 Å². The topological polar surface area (TPSA) is 72.8 Å². The Morgan fingerprint density at radius 1 is 1.09 bits per heavy atom. The molecular formula is C16H17ClO5S. The van der Waals surface area contributed by atoms with Crippen molar-refractivity contribution in [2.75, 3.05) is 13.2 Å². The molecule has 0 heterocycles. The number of benzene rings is 2. The standard InChI is InChI=1S/C16H17ClO5S/c1-12-6-8-14(9-7-12)23(19,20)22-11-13(18)10-21-16-5-3-2-4-15(16)17/h2-9,13,18H,10-11H2,1H3/t13-/m1/s1. The summed E-state index contributed by atoms with van der Waals surface area (Å²) in [5.74, 6) is 0.412. The van der Waals surface area contributed by atoms with Crippen LogP contribution in [-0.2, 0) is 14.3 Å². The second-order valence-corrected chi connectivity index (χ2v) is 6.97. The summed E-state index contributed by atoms with van der Waals surface area (Å²) in [5.41, 5.74) is 0.942. The molecule has 0 fully saturated rings. The van der Waals surface area contributed by atoms with Gasteiger partial charge in [-0.15, -0.1) is 0 Å². The van der Waals surface area contributed by atoms with Gasteiger partial charge in [0, 0.05) is 0 Å². The molecule has 2 rings (SSSR count).